The zero-order valence-electron chi connectivity index (χ0n) is 27.4. The van der Waals surface area contributed by atoms with E-state index < -0.39 is 5.66 Å². The molecule has 1 unspecified atom stereocenters. The van der Waals surface area contributed by atoms with Gasteiger partial charge >= 0.3 is 0 Å². The van der Waals surface area contributed by atoms with Crippen LogP contribution >= 0.6 is 23.2 Å². The topological polar surface area (TPSA) is 78.8 Å². The van der Waals surface area contributed by atoms with Gasteiger partial charge in [0.25, 0.3) is 5.91 Å². The molecule has 1 saturated carbocycles. The number of amides is 2. The highest BCUT2D eigenvalue weighted by Crippen LogP contribution is 2.49. The first-order chi connectivity index (χ1) is 20.5. The maximum absolute atomic E-state index is 14.6. The first-order valence-corrected chi connectivity index (χ1v) is 16.8. The second-order valence-electron chi connectivity index (χ2n) is 15.2. The van der Waals surface area contributed by atoms with Gasteiger partial charge < -0.3 is 15.0 Å². The van der Waals surface area contributed by atoms with Crippen LogP contribution in [0.3, 0.4) is 0 Å². The molecule has 1 spiro atoms. The van der Waals surface area contributed by atoms with E-state index in [4.69, 9.17) is 28.2 Å². The van der Waals surface area contributed by atoms with Gasteiger partial charge in [-0.1, -0.05) is 76.9 Å². The Hall–Kier alpha value is -2.44. The van der Waals surface area contributed by atoms with E-state index in [-0.39, 0.29) is 41.1 Å². The molecule has 1 aromatic carbocycles. The number of aliphatic imine (C=N–C) groups is 1. The molecule has 0 bridgehead atoms. The molecule has 0 aromatic heterocycles. The van der Waals surface area contributed by atoms with Crippen LogP contribution in [0.1, 0.15) is 112 Å². The van der Waals surface area contributed by atoms with E-state index in [1.54, 1.807) is 18.2 Å². The van der Waals surface area contributed by atoms with Gasteiger partial charge in [-0.2, -0.15) is 0 Å². The molecule has 1 aliphatic heterocycles. The molecule has 1 heterocycles. The van der Waals surface area contributed by atoms with Gasteiger partial charge in [-0.25, -0.2) is 0 Å². The van der Waals surface area contributed by atoms with E-state index in [2.05, 4.69) is 51.8 Å². The molecule has 2 aliphatic carbocycles. The number of benzene rings is 1. The molecule has 1 aromatic rings. The van der Waals surface area contributed by atoms with Crippen molar-refractivity contribution in [1.29, 1.82) is 0 Å². The second kappa shape index (κ2) is 13.5. The smallest absolute Gasteiger partial charge is 0.275 e. The van der Waals surface area contributed by atoms with Crippen LogP contribution < -0.4 is 5.32 Å². The minimum Gasteiger partial charge on any atom is -0.349 e. The minimum atomic E-state index is -0.641. The summed E-state index contributed by atoms with van der Waals surface area (Å²) in [7, 11) is 0. The molecule has 6 nitrogen and oxygen atoms in total. The fraction of sp³-hybridized carbons (Fsp3) is 0.611. The predicted molar refractivity (Wildman–Crippen MR) is 180 cm³/mol. The third kappa shape index (κ3) is 8.04. The van der Waals surface area contributed by atoms with Crippen LogP contribution in [0.25, 0.3) is 0 Å². The van der Waals surface area contributed by atoms with Crippen LogP contribution in [0.15, 0.2) is 46.5 Å². The van der Waals surface area contributed by atoms with Gasteiger partial charge in [0.05, 0.1) is 6.04 Å². The Bertz CT molecular complexity index is 1340. The van der Waals surface area contributed by atoms with Crippen molar-refractivity contribution in [2.75, 3.05) is 0 Å². The summed E-state index contributed by atoms with van der Waals surface area (Å²) in [5.41, 5.74) is 2.55. The number of rotatable bonds is 9. The number of allylic oxidation sites excluding steroid dienone is 2. The Labute approximate surface area is 273 Å². The van der Waals surface area contributed by atoms with Crippen LogP contribution in [-0.4, -0.2) is 46.5 Å². The van der Waals surface area contributed by atoms with Crippen LogP contribution in [0.4, 0.5) is 0 Å². The number of nitrogens with one attached hydrogen (secondary N) is 1. The molecule has 0 saturated heterocycles. The molecular formula is C36H49Cl2N3O3. The molecule has 1 fully saturated rings. The van der Waals surface area contributed by atoms with Gasteiger partial charge in [0, 0.05) is 33.6 Å². The first kappa shape index (κ1) is 34.4. The Kier molecular flexibility index (Phi) is 10.6. The Morgan fingerprint density at radius 2 is 1.70 bits per heavy atom. The van der Waals surface area contributed by atoms with Gasteiger partial charge in [-0.05, 0) is 98.8 Å². The number of aldehydes is 1. The van der Waals surface area contributed by atoms with Crippen LogP contribution in [0, 0.1) is 16.7 Å². The molecule has 2 amide bonds. The van der Waals surface area contributed by atoms with Crippen molar-refractivity contribution in [3.63, 3.8) is 0 Å². The molecule has 44 heavy (non-hydrogen) atoms. The second-order valence-corrected chi connectivity index (χ2v) is 16.1. The summed E-state index contributed by atoms with van der Waals surface area (Å²) < 4.78 is 0. The summed E-state index contributed by atoms with van der Waals surface area (Å²) in [6, 6.07) is 4.87. The summed E-state index contributed by atoms with van der Waals surface area (Å²) in [6.45, 7) is 15.4. The molecule has 240 valence electrons. The van der Waals surface area contributed by atoms with Gasteiger partial charge in [-0.3, -0.25) is 14.6 Å². The van der Waals surface area contributed by atoms with E-state index >= 15 is 0 Å². The van der Waals surface area contributed by atoms with Crippen molar-refractivity contribution in [3.8, 4) is 0 Å². The van der Waals surface area contributed by atoms with Crippen molar-refractivity contribution in [2.24, 2.45) is 21.7 Å². The molecule has 1 N–H and O–H groups in total. The maximum Gasteiger partial charge on any atom is 0.275 e. The third-order valence-corrected chi connectivity index (χ3v) is 9.98. The van der Waals surface area contributed by atoms with Crippen molar-refractivity contribution < 1.29 is 14.4 Å². The molecular weight excluding hydrogens is 593 g/mol. The lowest BCUT2D eigenvalue weighted by atomic mass is 9.69. The third-order valence-electron chi connectivity index (χ3n) is 9.54. The average Bonchev–Trinajstić information content (AvgIpc) is 3.19. The van der Waals surface area contributed by atoms with Gasteiger partial charge in [0.1, 0.15) is 17.7 Å². The first-order valence-electron chi connectivity index (χ1n) is 16.1. The number of carbonyl (C=O) groups is 3. The highest BCUT2D eigenvalue weighted by molar-refractivity contribution is 6.48. The fourth-order valence-corrected chi connectivity index (χ4v) is 7.44. The van der Waals surface area contributed by atoms with Gasteiger partial charge in [0.15, 0.2) is 0 Å². The highest BCUT2D eigenvalue weighted by atomic mass is 35.5. The van der Waals surface area contributed by atoms with Gasteiger partial charge in [0.2, 0.25) is 5.91 Å². The minimum absolute atomic E-state index is 0.0763. The molecule has 8 heteroatoms. The van der Waals surface area contributed by atoms with Crippen molar-refractivity contribution in [2.45, 2.75) is 124 Å². The number of carbonyl (C=O) groups excluding carboxylic acids is 3. The van der Waals surface area contributed by atoms with E-state index in [9.17, 15) is 14.4 Å². The summed E-state index contributed by atoms with van der Waals surface area (Å²) >= 11 is 12.8. The zero-order chi connectivity index (χ0) is 32.4. The van der Waals surface area contributed by atoms with Crippen molar-refractivity contribution >= 4 is 47.0 Å². The van der Waals surface area contributed by atoms with Crippen LogP contribution in [0.5, 0.6) is 0 Å². The Morgan fingerprint density at radius 3 is 2.23 bits per heavy atom. The quantitative estimate of drug-likeness (QED) is 0.275. The van der Waals surface area contributed by atoms with Gasteiger partial charge in [-0.15, -0.1) is 0 Å². The number of halogens is 2. The Balaban J connectivity index is 1.75. The maximum atomic E-state index is 14.6. The molecule has 4 rings (SSSR count). The summed E-state index contributed by atoms with van der Waals surface area (Å²) in [6.07, 6.45) is 11.6. The Morgan fingerprint density at radius 1 is 1.07 bits per heavy atom. The lowest BCUT2D eigenvalue weighted by Crippen LogP contribution is -2.55. The summed E-state index contributed by atoms with van der Waals surface area (Å²) in [5, 5.41) is 3.88. The van der Waals surface area contributed by atoms with E-state index in [0.29, 0.717) is 45.7 Å². The zero-order valence-corrected chi connectivity index (χ0v) is 28.9. The monoisotopic (exact) mass is 641 g/mol. The van der Waals surface area contributed by atoms with E-state index in [1.807, 2.05) is 19.1 Å². The lowest BCUT2D eigenvalue weighted by molar-refractivity contribution is -0.132. The largest absolute Gasteiger partial charge is 0.349 e. The molecule has 2 atom stereocenters. The van der Waals surface area contributed by atoms with Crippen LogP contribution in [-0.2, 0) is 14.4 Å². The average molecular weight is 643 g/mol. The fourth-order valence-electron chi connectivity index (χ4n) is 6.91. The van der Waals surface area contributed by atoms with Crippen molar-refractivity contribution in [3.05, 3.63) is 57.1 Å². The highest BCUT2D eigenvalue weighted by Gasteiger charge is 2.53. The van der Waals surface area contributed by atoms with Crippen molar-refractivity contribution in [1.82, 2.24) is 10.2 Å². The lowest BCUT2D eigenvalue weighted by Gasteiger charge is -2.48. The van der Waals surface area contributed by atoms with E-state index in [0.717, 1.165) is 50.4 Å². The standard InChI is InChI=1S/C36H49Cl2N3O3/c1-23(15-19-42)39-32(43)25-10-8-24(9-11-25)30(14-16-34(2,3)4)41-33(44)31(26-20-28(37)22-29(38)21-26)40-36(41)17-12-27(13-18-36)35(5,6)7/h8,10,19-23,27,30H,9,11-18H2,1-7H3,(H,39,43)/t23-,27?,30?,36?/m1/s1. The number of hydrogen-bond acceptors (Lipinski definition) is 4. The summed E-state index contributed by atoms with van der Waals surface area (Å²) in [5.74, 6) is 0.337. The predicted octanol–water partition coefficient (Wildman–Crippen LogP) is 8.49. The number of hydrogen-bond donors (Lipinski definition) is 1. The summed E-state index contributed by atoms with van der Waals surface area (Å²) in [4.78, 5) is 45.8. The normalized spacial score (nSPS) is 24.0. The number of nitrogens with zero attached hydrogens (tertiary/aromatic N) is 2. The molecule has 3 aliphatic rings. The molecule has 0 radical (unpaired) electrons. The SMILES string of the molecule is C[C@H](CC=O)NC(=O)C1=CC=C(C(CCC(C)(C)C)N2C(=O)C(c3cc(Cl)cc(Cl)c3)=NC23CCC(C(C)(C)C)CC3)CC1. The van der Waals surface area contributed by atoms with E-state index in [1.165, 1.54) is 0 Å². The van der Waals surface area contributed by atoms with Crippen LogP contribution in [0.2, 0.25) is 10.0 Å².